The first-order valence-corrected chi connectivity index (χ1v) is 7.12. The van der Waals surface area contributed by atoms with E-state index in [0.29, 0.717) is 12.3 Å². The second-order valence-corrected chi connectivity index (χ2v) is 5.65. The third-order valence-corrected chi connectivity index (χ3v) is 3.86. The second kappa shape index (κ2) is 5.61. The molecule has 0 aromatic rings. The number of rotatable bonds is 5. The summed E-state index contributed by atoms with van der Waals surface area (Å²) in [5.74, 6) is 0.652. The molecule has 0 bridgehead atoms. The van der Waals surface area contributed by atoms with Gasteiger partial charge in [0.25, 0.3) is 0 Å². The van der Waals surface area contributed by atoms with Crippen LogP contribution in [0, 0.1) is 5.41 Å². The van der Waals surface area contributed by atoms with Crippen LogP contribution in [0.25, 0.3) is 0 Å². The summed E-state index contributed by atoms with van der Waals surface area (Å²) < 4.78 is 10.8. The van der Waals surface area contributed by atoms with Gasteiger partial charge in [0.2, 0.25) is 5.91 Å². The summed E-state index contributed by atoms with van der Waals surface area (Å²) in [5, 5.41) is 6.10. The van der Waals surface area contributed by atoms with Gasteiger partial charge in [0, 0.05) is 35.9 Å². The monoisotopic (exact) mass is 232 g/mol. The Kier molecular flexibility index (Phi) is 4.73. The first kappa shape index (κ1) is 12.6. The summed E-state index contributed by atoms with van der Waals surface area (Å²) >= 11 is 0. The third kappa shape index (κ3) is 3.28. The molecule has 1 heterocycles. The molecule has 0 spiro atoms. The van der Waals surface area contributed by atoms with Crippen LogP contribution in [0.2, 0.25) is 0 Å². The maximum atomic E-state index is 11.9. The zero-order valence-electron chi connectivity index (χ0n) is 9.47. The molecule has 0 aromatic heterocycles. The Morgan fingerprint density at radius 1 is 1.60 bits per heavy atom. The Labute approximate surface area is 93.7 Å². The minimum atomic E-state index is -0.829. The molecular formula is C10H20N2O2S. The fraction of sp³-hybridized carbons (Fsp3) is 0.900. The molecule has 2 atom stereocenters. The Bertz CT molecular complexity index is 250. The minimum absolute atomic E-state index is 0.112. The predicted molar refractivity (Wildman–Crippen MR) is 62.2 cm³/mol. The van der Waals surface area contributed by atoms with Gasteiger partial charge in [0.15, 0.2) is 0 Å². The molecule has 1 rings (SSSR count). The molecule has 1 aliphatic heterocycles. The summed E-state index contributed by atoms with van der Waals surface area (Å²) in [6.45, 7) is 4.25. The molecule has 2 unspecified atom stereocenters. The minimum Gasteiger partial charge on any atom is -0.355 e. The van der Waals surface area contributed by atoms with Crippen LogP contribution in [0.15, 0.2) is 0 Å². The average Bonchev–Trinajstić information content (AvgIpc) is 2.66. The van der Waals surface area contributed by atoms with E-state index in [0.717, 1.165) is 25.9 Å². The zero-order valence-corrected chi connectivity index (χ0v) is 10.3. The predicted octanol–water partition coefficient (Wildman–Crippen LogP) is -0.129. The highest BCUT2D eigenvalue weighted by atomic mass is 32.2. The van der Waals surface area contributed by atoms with Crippen LogP contribution >= 0.6 is 0 Å². The van der Waals surface area contributed by atoms with Crippen molar-refractivity contribution in [1.29, 1.82) is 0 Å². The highest BCUT2D eigenvalue weighted by molar-refractivity contribution is 7.84. The van der Waals surface area contributed by atoms with E-state index in [4.69, 9.17) is 0 Å². The first-order valence-electron chi connectivity index (χ1n) is 5.40. The highest BCUT2D eigenvalue weighted by Gasteiger charge is 2.38. The van der Waals surface area contributed by atoms with Gasteiger partial charge < -0.3 is 10.6 Å². The van der Waals surface area contributed by atoms with Crippen molar-refractivity contribution in [2.24, 2.45) is 5.41 Å². The highest BCUT2D eigenvalue weighted by Crippen LogP contribution is 2.29. The molecule has 0 aliphatic carbocycles. The number of hydrogen-bond acceptors (Lipinski definition) is 3. The lowest BCUT2D eigenvalue weighted by atomic mass is 9.83. The first-order chi connectivity index (χ1) is 7.10. The van der Waals surface area contributed by atoms with Crippen molar-refractivity contribution >= 4 is 16.7 Å². The van der Waals surface area contributed by atoms with Gasteiger partial charge in [-0.1, -0.05) is 6.92 Å². The molecule has 15 heavy (non-hydrogen) atoms. The molecule has 1 aliphatic rings. The molecule has 0 aromatic carbocycles. The number of nitrogens with one attached hydrogen (secondary N) is 2. The van der Waals surface area contributed by atoms with Crippen molar-refractivity contribution in [3.63, 3.8) is 0 Å². The summed E-state index contributed by atoms with van der Waals surface area (Å²) in [6, 6.07) is 0. The molecule has 88 valence electrons. The summed E-state index contributed by atoms with van der Waals surface area (Å²) in [6.07, 6.45) is 3.42. The van der Waals surface area contributed by atoms with Crippen molar-refractivity contribution in [2.75, 3.05) is 31.6 Å². The lowest BCUT2D eigenvalue weighted by Crippen LogP contribution is -2.43. The van der Waals surface area contributed by atoms with Gasteiger partial charge in [-0.3, -0.25) is 9.00 Å². The Morgan fingerprint density at radius 3 is 2.80 bits per heavy atom. The molecule has 1 saturated heterocycles. The molecule has 1 fully saturated rings. The number of hydrogen-bond donors (Lipinski definition) is 2. The van der Waals surface area contributed by atoms with Gasteiger partial charge in [-0.05, 0) is 19.4 Å². The topological polar surface area (TPSA) is 58.2 Å². The van der Waals surface area contributed by atoms with Crippen molar-refractivity contribution in [3.8, 4) is 0 Å². The molecule has 5 heteroatoms. The van der Waals surface area contributed by atoms with Crippen LogP contribution in [0.3, 0.4) is 0 Å². The quantitative estimate of drug-likeness (QED) is 0.694. The smallest absolute Gasteiger partial charge is 0.227 e. The molecular weight excluding hydrogens is 212 g/mol. The Hall–Kier alpha value is -0.420. The van der Waals surface area contributed by atoms with Gasteiger partial charge in [0.05, 0.1) is 5.41 Å². The summed E-state index contributed by atoms with van der Waals surface area (Å²) in [7, 11) is -0.829. The lowest BCUT2D eigenvalue weighted by molar-refractivity contribution is -0.130. The van der Waals surface area contributed by atoms with E-state index in [1.165, 1.54) is 0 Å². The van der Waals surface area contributed by atoms with Gasteiger partial charge in [0.1, 0.15) is 0 Å². The number of amides is 1. The molecule has 2 N–H and O–H groups in total. The average molecular weight is 232 g/mol. The van der Waals surface area contributed by atoms with Crippen molar-refractivity contribution in [1.82, 2.24) is 10.6 Å². The normalized spacial score (nSPS) is 27.6. The largest absolute Gasteiger partial charge is 0.355 e. The third-order valence-electron chi connectivity index (χ3n) is 3.08. The molecule has 4 nitrogen and oxygen atoms in total. The van der Waals surface area contributed by atoms with Crippen molar-refractivity contribution in [3.05, 3.63) is 0 Å². The number of carbonyl (C=O) groups is 1. The lowest BCUT2D eigenvalue weighted by Gasteiger charge is -2.25. The van der Waals surface area contributed by atoms with Crippen LogP contribution in [0.4, 0.5) is 0 Å². The molecule has 0 radical (unpaired) electrons. The van der Waals surface area contributed by atoms with E-state index in [1.54, 1.807) is 6.26 Å². The fourth-order valence-electron chi connectivity index (χ4n) is 1.90. The zero-order chi connectivity index (χ0) is 11.3. The van der Waals surface area contributed by atoms with E-state index < -0.39 is 10.8 Å². The summed E-state index contributed by atoms with van der Waals surface area (Å²) in [4.78, 5) is 11.9. The van der Waals surface area contributed by atoms with Crippen LogP contribution in [-0.4, -0.2) is 41.8 Å². The van der Waals surface area contributed by atoms with Crippen LogP contribution in [0.5, 0.6) is 0 Å². The Morgan fingerprint density at radius 2 is 2.33 bits per heavy atom. The molecule has 1 amide bonds. The Balaban J connectivity index is 2.40. The van der Waals surface area contributed by atoms with Crippen molar-refractivity contribution < 1.29 is 9.00 Å². The SMILES string of the molecule is CCC1(C(=O)NCCS(C)=O)CCNC1. The number of carbonyl (C=O) groups excluding carboxylic acids is 1. The van der Waals surface area contributed by atoms with Crippen LogP contribution < -0.4 is 10.6 Å². The van der Waals surface area contributed by atoms with E-state index in [2.05, 4.69) is 10.6 Å². The van der Waals surface area contributed by atoms with Gasteiger partial charge >= 0.3 is 0 Å². The van der Waals surface area contributed by atoms with E-state index >= 15 is 0 Å². The van der Waals surface area contributed by atoms with Crippen LogP contribution in [-0.2, 0) is 15.6 Å². The molecule has 0 saturated carbocycles. The van der Waals surface area contributed by atoms with E-state index in [9.17, 15) is 9.00 Å². The van der Waals surface area contributed by atoms with Crippen molar-refractivity contribution in [2.45, 2.75) is 19.8 Å². The van der Waals surface area contributed by atoms with Gasteiger partial charge in [-0.15, -0.1) is 0 Å². The second-order valence-electron chi connectivity index (χ2n) is 4.09. The van der Waals surface area contributed by atoms with Gasteiger partial charge in [-0.25, -0.2) is 0 Å². The summed E-state index contributed by atoms with van der Waals surface area (Å²) in [5.41, 5.74) is -0.227. The van der Waals surface area contributed by atoms with E-state index in [-0.39, 0.29) is 11.3 Å². The van der Waals surface area contributed by atoms with Crippen LogP contribution in [0.1, 0.15) is 19.8 Å². The fourth-order valence-corrected chi connectivity index (χ4v) is 2.29. The van der Waals surface area contributed by atoms with Gasteiger partial charge in [-0.2, -0.15) is 0 Å². The standard InChI is InChI=1S/C10H20N2O2S/c1-3-10(4-5-11-8-10)9(13)12-6-7-15(2)14/h11H,3-8H2,1-2H3,(H,12,13). The maximum Gasteiger partial charge on any atom is 0.227 e. The maximum absolute atomic E-state index is 11.9. The van der Waals surface area contributed by atoms with E-state index in [1.807, 2.05) is 6.92 Å².